The van der Waals surface area contributed by atoms with Gasteiger partial charge in [0.25, 0.3) is 0 Å². The molecule has 0 aliphatic carbocycles. The molecule has 0 aliphatic rings. The molecule has 5 nitrogen and oxygen atoms in total. The second kappa shape index (κ2) is 4.03. The molecule has 0 saturated heterocycles. The fourth-order valence-corrected chi connectivity index (χ4v) is 1.97. The van der Waals surface area contributed by atoms with Crippen molar-refractivity contribution in [1.82, 2.24) is 5.32 Å². The van der Waals surface area contributed by atoms with Crippen LogP contribution < -0.4 is 5.32 Å². The van der Waals surface area contributed by atoms with Crippen molar-refractivity contribution >= 4 is 13.5 Å². The highest BCUT2D eigenvalue weighted by atomic mass is 31.2. The molecule has 12 heavy (non-hydrogen) atoms. The summed E-state index contributed by atoms with van der Waals surface area (Å²) >= 11 is 0. The van der Waals surface area contributed by atoms with E-state index in [1.165, 1.54) is 6.92 Å². The molecule has 6 heteroatoms. The van der Waals surface area contributed by atoms with E-state index >= 15 is 0 Å². The van der Waals surface area contributed by atoms with E-state index in [2.05, 4.69) is 5.32 Å². The second-order valence-corrected chi connectivity index (χ2v) is 4.71. The van der Waals surface area contributed by atoms with Crippen LogP contribution in [0.3, 0.4) is 0 Å². The van der Waals surface area contributed by atoms with Gasteiger partial charge in [-0.15, -0.1) is 0 Å². The van der Waals surface area contributed by atoms with E-state index in [0.29, 0.717) is 0 Å². The second-order valence-electron chi connectivity index (χ2n) is 2.98. The minimum Gasteiger partial charge on any atom is -0.342 e. The van der Waals surface area contributed by atoms with Gasteiger partial charge in [0.1, 0.15) is 5.78 Å². The van der Waals surface area contributed by atoms with Crippen LogP contribution in [0.2, 0.25) is 0 Å². The van der Waals surface area contributed by atoms with Gasteiger partial charge in [-0.05, 0) is 5.92 Å². The summed E-state index contributed by atoms with van der Waals surface area (Å²) in [6, 6.07) is 0. The van der Waals surface area contributed by atoms with Crippen molar-refractivity contribution in [3.05, 3.63) is 0 Å². The molecule has 0 spiro atoms. The van der Waals surface area contributed by atoms with E-state index < -0.39 is 19.3 Å². The molecule has 0 aliphatic heterocycles. The highest BCUT2D eigenvalue weighted by Gasteiger charge is 2.31. The first kappa shape index (κ1) is 11.6. The predicted molar refractivity (Wildman–Crippen MR) is 44.5 cm³/mol. The molecule has 1 amide bonds. The lowest BCUT2D eigenvalue weighted by molar-refractivity contribution is -0.119. The summed E-state index contributed by atoms with van der Waals surface area (Å²) in [5, 5.41) is 2.22. The van der Waals surface area contributed by atoms with Crippen LogP contribution in [0.15, 0.2) is 0 Å². The van der Waals surface area contributed by atoms with Crippen LogP contribution in [-0.4, -0.2) is 21.5 Å². The Labute approximate surface area is 71.3 Å². The summed E-state index contributed by atoms with van der Waals surface area (Å²) in [5.74, 6) is -1.79. The first-order valence-corrected chi connectivity index (χ1v) is 5.25. The molecule has 0 fully saturated rings. The first-order chi connectivity index (χ1) is 5.25. The third kappa shape index (κ3) is 3.85. The summed E-state index contributed by atoms with van der Waals surface area (Å²) < 4.78 is 10.8. The Bertz CT molecular complexity index is 210. The Morgan fingerprint density at radius 1 is 1.42 bits per heavy atom. The van der Waals surface area contributed by atoms with Crippen molar-refractivity contribution < 1.29 is 19.1 Å². The molecule has 0 rings (SSSR count). The molecule has 0 saturated carbocycles. The van der Waals surface area contributed by atoms with Gasteiger partial charge in [0.05, 0.1) is 0 Å². The average molecular weight is 195 g/mol. The van der Waals surface area contributed by atoms with Gasteiger partial charge in [0.2, 0.25) is 5.91 Å². The number of hydrogen-bond acceptors (Lipinski definition) is 2. The molecule has 0 radical (unpaired) electrons. The van der Waals surface area contributed by atoms with E-state index in [1.807, 2.05) is 0 Å². The van der Waals surface area contributed by atoms with Gasteiger partial charge in [0, 0.05) is 6.92 Å². The van der Waals surface area contributed by atoms with Crippen molar-refractivity contribution in [2.45, 2.75) is 26.6 Å². The van der Waals surface area contributed by atoms with Gasteiger partial charge in [-0.1, -0.05) is 13.8 Å². The highest BCUT2D eigenvalue weighted by molar-refractivity contribution is 7.52. The first-order valence-electron chi connectivity index (χ1n) is 3.57. The fourth-order valence-electron chi connectivity index (χ4n) is 0.847. The van der Waals surface area contributed by atoms with Gasteiger partial charge in [0.15, 0.2) is 0 Å². The standard InChI is InChI=1S/C6H14NO4P/c1-4(2)6(7-5(3)8)12(9,10)11/h4,6H,1-3H3,(H,7,8)(H2,9,10,11)/t6-/m1/s1. The van der Waals surface area contributed by atoms with Gasteiger partial charge >= 0.3 is 7.60 Å². The Kier molecular flexibility index (Phi) is 3.90. The van der Waals surface area contributed by atoms with E-state index in [1.54, 1.807) is 13.8 Å². The van der Waals surface area contributed by atoms with Crippen molar-refractivity contribution in [2.75, 3.05) is 0 Å². The number of rotatable bonds is 3. The average Bonchev–Trinajstić information content (AvgIpc) is 1.79. The molecule has 0 aromatic heterocycles. The van der Waals surface area contributed by atoms with Crippen molar-refractivity contribution in [1.29, 1.82) is 0 Å². The van der Waals surface area contributed by atoms with Gasteiger partial charge in [-0.25, -0.2) is 0 Å². The van der Waals surface area contributed by atoms with E-state index in [9.17, 15) is 9.36 Å². The minimum absolute atomic E-state index is 0.283. The number of hydrogen-bond donors (Lipinski definition) is 3. The zero-order valence-electron chi connectivity index (χ0n) is 7.31. The van der Waals surface area contributed by atoms with Crippen LogP contribution in [0.1, 0.15) is 20.8 Å². The fraction of sp³-hybridized carbons (Fsp3) is 0.833. The highest BCUT2D eigenvalue weighted by Crippen LogP contribution is 2.43. The minimum atomic E-state index is -4.22. The molecular weight excluding hydrogens is 181 g/mol. The lowest BCUT2D eigenvalue weighted by atomic mass is 10.2. The zero-order chi connectivity index (χ0) is 9.94. The predicted octanol–water partition coefficient (Wildman–Crippen LogP) is 0.282. The monoisotopic (exact) mass is 195 g/mol. The molecule has 0 aromatic carbocycles. The zero-order valence-corrected chi connectivity index (χ0v) is 8.21. The lowest BCUT2D eigenvalue weighted by Gasteiger charge is -2.22. The molecule has 0 unspecified atom stereocenters. The van der Waals surface area contributed by atoms with Crippen molar-refractivity contribution in [3.63, 3.8) is 0 Å². The lowest BCUT2D eigenvalue weighted by Crippen LogP contribution is -2.36. The van der Waals surface area contributed by atoms with Crippen LogP contribution in [-0.2, 0) is 9.36 Å². The maximum atomic E-state index is 10.8. The number of carbonyl (C=O) groups is 1. The number of nitrogens with one attached hydrogen (secondary N) is 1. The normalized spacial score (nSPS) is 14.5. The molecule has 1 atom stereocenters. The van der Waals surface area contributed by atoms with Crippen LogP contribution >= 0.6 is 7.60 Å². The van der Waals surface area contributed by atoms with Gasteiger partial charge in [-0.3, -0.25) is 9.36 Å². The topological polar surface area (TPSA) is 86.6 Å². The summed E-state index contributed by atoms with van der Waals surface area (Å²) in [7, 11) is -4.22. The number of carbonyl (C=O) groups excluding carboxylic acids is 1. The molecular formula is C6H14NO4P. The van der Waals surface area contributed by atoms with Crippen LogP contribution in [0.4, 0.5) is 0 Å². The summed E-state index contributed by atoms with van der Waals surface area (Å²) in [6.07, 6.45) is 0. The molecule has 3 N–H and O–H groups in total. The van der Waals surface area contributed by atoms with Crippen LogP contribution in [0, 0.1) is 5.92 Å². The van der Waals surface area contributed by atoms with Gasteiger partial charge in [-0.2, -0.15) is 0 Å². The third-order valence-corrected chi connectivity index (χ3v) is 2.80. The summed E-state index contributed by atoms with van der Waals surface area (Å²) in [4.78, 5) is 28.1. The number of amides is 1. The SMILES string of the molecule is CC(=O)N[C@@H](C(C)C)P(=O)(O)O. The van der Waals surface area contributed by atoms with Crippen LogP contribution in [0.25, 0.3) is 0 Å². The molecule has 0 bridgehead atoms. The summed E-state index contributed by atoms with van der Waals surface area (Å²) in [6.45, 7) is 4.50. The largest absolute Gasteiger partial charge is 0.347 e. The van der Waals surface area contributed by atoms with Gasteiger partial charge < -0.3 is 15.1 Å². The van der Waals surface area contributed by atoms with Crippen molar-refractivity contribution in [2.24, 2.45) is 5.92 Å². The summed E-state index contributed by atoms with van der Waals surface area (Å²) in [5.41, 5.74) is 0. The smallest absolute Gasteiger partial charge is 0.342 e. The third-order valence-electron chi connectivity index (χ3n) is 1.34. The Balaban J connectivity index is 4.46. The maximum absolute atomic E-state index is 10.8. The maximum Gasteiger partial charge on any atom is 0.347 e. The Hall–Kier alpha value is -0.380. The molecule has 0 aromatic rings. The Morgan fingerprint density at radius 2 is 1.83 bits per heavy atom. The van der Waals surface area contributed by atoms with Crippen molar-refractivity contribution in [3.8, 4) is 0 Å². The van der Waals surface area contributed by atoms with E-state index in [4.69, 9.17) is 9.79 Å². The quantitative estimate of drug-likeness (QED) is 0.564. The van der Waals surface area contributed by atoms with E-state index in [0.717, 1.165) is 0 Å². The molecule has 0 heterocycles. The van der Waals surface area contributed by atoms with Crippen LogP contribution in [0.5, 0.6) is 0 Å². The molecule has 72 valence electrons. The Morgan fingerprint density at radius 3 is 1.92 bits per heavy atom. The van der Waals surface area contributed by atoms with E-state index in [-0.39, 0.29) is 5.92 Å².